The standard InChI is InChI=1S/C22H35IO10/c1-14(24)30-13-17-20(31-15(2)25)21(32-16(3)26)19(23)22(33-17)29-12-10-8-6-5-7-9-11-18(27)28-4/h17,19-22H,5-13H2,1-4H3/t17-,19-,20-,21-,22+/m1/s1. The van der Waals surface area contributed by atoms with Crippen molar-refractivity contribution in [2.45, 2.75) is 94.2 Å². The van der Waals surface area contributed by atoms with Gasteiger partial charge in [-0.15, -0.1) is 0 Å². The maximum atomic E-state index is 11.7. The van der Waals surface area contributed by atoms with Gasteiger partial charge >= 0.3 is 23.9 Å². The quantitative estimate of drug-likeness (QED) is 0.0987. The van der Waals surface area contributed by atoms with E-state index in [0.717, 1.165) is 38.5 Å². The molecule has 0 N–H and O–H groups in total. The number of alkyl halides is 1. The monoisotopic (exact) mass is 586 g/mol. The molecule has 11 heteroatoms. The Morgan fingerprint density at radius 2 is 1.39 bits per heavy atom. The molecule has 190 valence electrons. The zero-order chi connectivity index (χ0) is 24.8. The first-order valence-electron chi connectivity index (χ1n) is 11.1. The van der Waals surface area contributed by atoms with Gasteiger partial charge in [0, 0.05) is 33.8 Å². The van der Waals surface area contributed by atoms with E-state index in [2.05, 4.69) is 27.3 Å². The van der Waals surface area contributed by atoms with Gasteiger partial charge in [0.05, 0.1) is 7.11 Å². The minimum Gasteiger partial charge on any atom is -0.469 e. The first kappa shape index (κ1) is 29.6. The number of hydrogen-bond acceptors (Lipinski definition) is 10. The normalized spacial score (nSPS) is 24.6. The molecule has 1 aliphatic heterocycles. The molecule has 1 fully saturated rings. The Bertz CT molecular complexity index is 641. The number of ether oxygens (including phenoxy) is 6. The van der Waals surface area contributed by atoms with Crippen LogP contribution in [0, 0.1) is 0 Å². The lowest BCUT2D eigenvalue weighted by molar-refractivity contribution is -0.260. The number of esters is 4. The Labute approximate surface area is 208 Å². The van der Waals surface area contributed by atoms with Crippen molar-refractivity contribution >= 4 is 46.5 Å². The van der Waals surface area contributed by atoms with Gasteiger partial charge in [-0.1, -0.05) is 48.3 Å². The fourth-order valence-corrected chi connectivity index (χ4v) is 4.31. The van der Waals surface area contributed by atoms with Crippen molar-refractivity contribution < 1.29 is 47.6 Å². The SMILES string of the molecule is COC(=O)CCCCCCCCO[C@H]1O[C@H](COC(C)=O)[C@@H](OC(C)=O)[C@H](OC(C)=O)[C@H]1I. The maximum absolute atomic E-state index is 11.7. The van der Waals surface area contributed by atoms with Crippen LogP contribution in [0.15, 0.2) is 0 Å². The first-order chi connectivity index (χ1) is 15.6. The van der Waals surface area contributed by atoms with Gasteiger partial charge in [-0.3, -0.25) is 19.2 Å². The molecule has 0 bridgehead atoms. The van der Waals surface area contributed by atoms with E-state index in [0.29, 0.717) is 13.0 Å². The van der Waals surface area contributed by atoms with E-state index in [9.17, 15) is 19.2 Å². The highest BCUT2D eigenvalue weighted by Gasteiger charge is 2.49. The van der Waals surface area contributed by atoms with Crippen LogP contribution in [0.3, 0.4) is 0 Å². The molecule has 10 nitrogen and oxygen atoms in total. The topological polar surface area (TPSA) is 124 Å². The van der Waals surface area contributed by atoms with Gasteiger partial charge in [0.1, 0.15) is 16.6 Å². The Hall–Kier alpha value is -1.47. The van der Waals surface area contributed by atoms with Crippen LogP contribution in [0.25, 0.3) is 0 Å². The van der Waals surface area contributed by atoms with E-state index in [1.54, 1.807) is 0 Å². The van der Waals surface area contributed by atoms with Crippen LogP contribution in [-0.2, 0) is 47.6 Å². The summed E-state index contributed by atoms with van der Waals surface area (Å²) in [7, 11) is 1.39. The molecule has 0 saturated carbocycles. The predicted octanol–water partition coefficient (Wildman–Crippen LogP) is 2.86. The van der Waals surface area contributed by atoms with Crippen LogP contribution in [0.5, 0.6) is 0 Å². The van der Waals surface area contributed by atoms with Gasteiger partial charge in [-0.2, -0.15) is 0 Å². The summed E-state index contributed by atoms with van der Waals surface area (Å²) in [6, 6.07) is 0. The molecule has 0 amide bonds. The third-order valence-electron chi connectivity index (χ3n) is 4.91. The second kappa shape index (κ2) is 16.2. The summed E-state index contributed by atoms with van der Waals surface area (Å²) in [5, 5.41) is 0. The lowest BCUT2D eigenvalue weighted by Crippen LogP contribution is -2.60. The third-order valence-corrected chi connectivity index (χ3v) is 6.21. The van der Waals surface area contributed by atoms with Crippen molar-refractivity contribution in [2.24, 2.45) is 0 Å². The summed E-state index contributed by atoms with van der Waals surface area (Å²) in [5.74, 6) is -1.79. The van der Waals surface area contributed by atoms with E-state index in [1.165, 1.54) is 27.9 Å². The van der Waals surface area contributed by atoms with Crippen molar-refractivity contribution in [1.29, 1.82) is 0 Å². The summed E-state index contributed by atoms with van der Waals surface area (Å²) in [6.07, 6.45) is 2.71. The number of halogens is 1. The van der Waals surface area contributed by atoms with Crippen LogP contribution in [0.1, 0.15) is 65.7 Å². The number of unbranched alkanes of at least 4 members (excludes halogenated alkanes) is 5. The number of carbonyl (C=O) groups is 4. The maximum Gasteiger partial charge on any atom is 0.305 e. The Kier molecular flexibility index (Phi) is 14.5. The molecular formula is C22H35IO10. The highest BCUT2D eigenvalue weighted by atomic mass is 127. The summed E-state index contributed by atoms with van der Waals surface area (Å²) in [5.41, 5.74) is 0. The Balaban J connectivity index is 2.57. The molecule has 1 saturated heterocycles. The summed E-state index contributed by atoms with van der Waals surface area (Å²) in [6.45, 7) is 4.04. The van der Waals surface area contributed by atoms with Crippen LogP contribution in [-0.4, -0.2) is 72.7 Å². The van der Waals surface area contributed by atoms with Crippen LogP contribution >= 0.6 is 22.6 Å². The minimum atomic E-state index is -0.933. The second-order valence-corrected chi connectivity index (χ2v) is 9.19. The summed E-state index contributed by atoms with van der Waals surface area (Å²) in [4.78, 5) is 45.7. The van der Waals surface area contributed by atoms with E-state index >= 15 is 0 Å². The van der Waals surface area contributed by atoms with Gasteiger partial charge in [0.15, 0.2) is 18.5 Å². The highest BCUT2D eigenvalue weighted by Crippen LogP contribution is 2.32. The summed E-state index contributed by atoms with van der Waals surface area (Å²) < 4.78 is 31.9. The van der Waals surface area contributed by atoms with E-state index < -0.39 is 46.4 Å². The zero-order valence-electron chi connectivity index (χ0n) is 19.7. The molecule has 0 radical (unpaired) electrons. The van der Waals surface area contributed by atoms with Gasteiger partial charge in [0.25, 0.3) is 0 Å². The van der Waals surface area contributed by atoms with Crippen LogP contribution < -0.4 is 0 Å². The van der Waals surface area contributed by atoms with Crippen molar-refractivity contribution in [3.8, 4) is 0 Å². The van der Waals surface area contributed by atoms with Crippen molar-refractivity contribution in [2.75, 3.05) is 20.3 Å². The van der Waals surface area contributed by atoms with Crippen molar-refractivity contribution in [3.63, 3.8) is 0 Å². The molecule has 0 aromatic carbocycles. The molecule has 0 unspecified atom stereocenters. The molecule has 1 aliphatic rings. The number of hydrogen-bond donors (Lipinski definition) is 0. The first-order valence-corrected chi connectivity index (χ1v) is 12.4. The van der Waals surface area contributed by atoms with Crippen LogP contribution in [0.4, 0.5) is 0 Å². The molecule has 0 spiro atoms. The minimum absolute atomic E-state index is 0.167. The van der Waals surface area contributed by atoms with Gasteiger partial charge in [0.2, 0.25) is 0 Å². The number of carbonyl (C=O) groups excluding carboxylic acids is 4. The van der Waals surface area contributed by atoms with Gasteiger partial charge in [-0.25, -0.2) is 0 Å². The van der Waals surface area contributed by atoms with Crippen molar-refractivity contribution in [3.05, 3.63) is 0 Å². The molecule has 33 heavy (non-hydrogen) atoms. The van der Waals surface area contributed by atoms with Gasteiger partial charge < -0.3 is 28.4 Å². The lowest BCUT2D eigenvalue weighted by atomic mass is 10.0. The molecule has 0 aromatic rings. The Morgan fingerprint density at radius 1 is 0.818 bits per heavy atom. The average Bonchev–Trinajstić information content (AvgIpc) is 2.74. The molecule has 1 heterocycles. The molecule has 5 atom stereocenters. The smallest absolute Gasteiger partial charge is 0.305 e. The third kappa shape index (κ3) is 12.0. The van der Waals surface area contributed by atoms with E-state index in [-0.39, 0.29) is 12.6 Å². The fourth-order valence-electron chi connectivity index (χ4n) is 3.38. The number of rotatable bonds is 14. The molecule has 1 rings (SSSR count). The van der Waals surface area contributed by atoms with Gasteiger partial charge in [-0.05, 0) is 12.8 Å². The van der Waals surface area contributed by atoms with Crippen molar-refractivity contribution in [1.82, 2.24) is 0 Å². The average molecular weight is 586 g/mol. The number of methoxy groups -OCH3 is 1. The lowest BCUT2D eigenvalue weighted by Gasteiger charge is -2.43. The Morgan fingerprint density at radius 3 is 1.97 bits per heavy atom. The highest BCUT2D eigenvalue weighted by molar-refractivity contribution is 14.1. The van der Waals surface area contributed by atoms with E-state index in [4.69, 9.17) is 23.7 Å². The molecule has 0 aromatic heterocycles. The van der Waals surface area contributed by atoms with E-state index in [1.807, 2.05) is 0 Å². The second-order valence-electron chi connectivity index (χ2n) is 7.76. The predicted molar refractivity (Wildman–Crippen MR) is 124 cm³/mol. The fraction of sp³-hybridized carbons (Fsp3) is 0.818. The zero-order valence-corrected chi connectivity index (χ0v) is 21.9. The summed E-state index contributed by atoms with van der Waals surface area (Å²) >= 11 is 2.06. The molecule has 0 aliphatic carbocycles. The van der Waals surface area contributed by atoms with Crippen LogP contribution in [0.2, 0.25) is 0 Å². The largest absolute Gasteiger partial charge is 0.469 e. The molecular weight excluding hydrogens is 551 g/mol.